The van der Waals surface area contributed by atoms with E-state index in [4.69, 9.17) is 0 Å². The lowest BCUT2D eigenvalue weighted by molar-refractivity contribution is 0.388. The third-order valence-corrected chi connectivity index (χ3v) is 6.76. The van der Waals surface area contributed by atoms with Crippen LogP contribution in [-0.2, 0) is 0 Å². The van der Waals surface area contributed by atoms with Gasteiger partial charge in [-0.05, 0) is 75.2 Å². The SMILES string of the molecule is C=C/C=C(\C=C\N(C(=C)CCC=C)C1C=CN=CC1)c1ccc2c(c1)-c1cccc3cccc-2c13. The Morgan fingerprint density at radius 1 is 1.00 bits per heavy atom. The van der Waals surface area contributed by atoms with Crippen LogP contribution in [-0.4, -0.2) is 17.2 Å². The smallest absolute Gasteiger partial charge is 0.0580 e. The molecule has 0 saturated carbocycles. The van der Waals surface area contributed by atoms with Crippen molar-refractivity contribution in [2.45, 2.75) is 25.3 Å². The summed E-state index contributed by atoms with van der Waals surface area (Å²) in [4.78, 5) is 6.50. The molecular formula is C33H30N2. The van der Waals surface area contributed by atoms with Crippen LogP contribution in [0.4, 0.5) is 0 Å². The Hall–Kier alpha value is -4.17. The Bertz CT molecular complexity index is 1430. The molecule has 3 aromatic rings. The van der Waals surface area contributed by atoms with E-state index < -0.39 is 0 Å². The highest BCUT2D eigenvalue weighted by molar-refractivity contribution is 6.15. The second-order valence-electron chi connectivity index (χ2n) is 8.92. The van der Waals surface area contributed by atoms with Crippen LogP contribution in [0.1, 0.15) is 24.8 Å². The zero-order valence-electron chi connectivity index (χ0n) is 20.0. The minimum atomic E-state index is 0.207. The first-order valence-electron chi connectivity index (χ1n) is 12.1. The molecule has 0 aromatic heterocycles. The molecule has 0 N–H and O–H groups in total. The fourth-order valence-corrected chi connectivity index (χ4v) is 5.02. The molecule has 0 radical (unpaired) electrons. The van der Waals surface area contributed by atoms with E-state index in [1.165, 1.54) is 38.6 Å². The van der Waals surface area contributed by atoms with E-state index in [0.29, 0.717) is 0 Å². The highest BCUT2D eigenvalue weighted by atomic mass is 15.1. The van der Waals surface area contributed by atoms with Gasteiger partial charge < -0.3 is 4.90 Å². The van der Waals surface area contributed by atoms with Crippen LogP contribution in [0.25, 0.3) is 38.6 Å². The van der Waals surface area contributed by atoms with Crippen LogP contribution in [0.15, 0.2) is 128 Å². The Kier molecular flexibility index (Phi) is 6.45. The molecule has 2 heteroatoms. The molecule has 3 aromatic carbocycles. The maximum absolute atomic E-state index is 4.37. The maximum Gasteiger partial charge on any atom is 0.0580 e. The van der Waals surface area contributed by atoms with E-state index >= 15 is 0 Å². The molecule has 1 aliphatic heterocycles. The van der Waals surface area contributed by atoms with Gasteiger partial charge in [-0.3, -0.25) is 4.99 Å². The second-order valence-corrected chi connectivity index (χ2v) is 8.92. The Balaban J connectivity index is 1.50. The Labute approximate surface area is 208 Å². The molecule has 2 nitrogen and oxygen atoms in total. The van der Waals surface area contributed by atoms with Gasteiger partial charge in [-0.1, -0.05) is 79.9 Å². The molecule has 5 rings (SSSR count). The molecule has 1 atom stereocenters. The van der Waals surface area contributed by atoms with Gasteiger partial charge in [0.2, 0.25) is 0 Å². The molecule has 1 heterocycles. The predicted molar refractivity (Wildman–Crippen MR) is 152 cm³/mol. The first-order chi connectivity index (χ1) is 17.2. The molecule has 0 amide bonds. The van der Waals surface area contributed by atoms with Gasteiger partial charge in [0.05, 0.1) is 6.04 Å². The summed E-state index contributed by atoms with van der Waals surface area (Å²) in [6, 6.07) is 20.1. The van der Waals surface area contributed by atoms with E-state index in [-0.39, 0.29) is 6.04 Å². The summed E-state index contributed by atoms with van der Waals surface area (Å²) < 4.78 is 0. The van der Waals surface area contributed by atoms with E-state index in [1.807, 2.05) is 24.6 Å². The van der Waals surface area contributed by atoms with Gasteiger partial charge in [0.25, 0.3) is 0 Å². The van der Waals surface area contributed by atoms with Gasteiger partial charge in [-0.25, -0.2) is 0 Å². The van der Waals surface area contributed by atoms with Crippen LogP contribution in [0.5, 0.6) is 0 Å². The van der Waals surface area contributed by atoms with Gasteiger partial charge in [0, 0.05) is 30.7 Å². The number of benzene rings is 3. The Morgan fingerprint density at radius 3 is 2.51 bits per heavy atom. The zero-order chi connectivity index (χ0) is 24.2. The number of rotatable bonds is 9. The largest absolute Gasteiger partial charge is 0.345 e. The van der Waals surface area contributed by atoms with Gasteiger partial charge in [0.1, 0.15) is 0 Å². The standard InChI is InChI=1S/C33H30N2/c1-4-6-10-24(3)35(28-17-20-34-21-18-28)22-19-25(9-5-2)27-15-16-29-30-13-7-11-26-12-8-14-31(33(26)30)32(29)23-27/h4-5,7-9,11-17,19-23,28H,1-3,6,10,18H2/b22-19+,25-9+. The maximum atomic E-state index is 4.37. The number of hydrogen-bond donors (Lipinski definition) is 0. The number of hydrogen-bond acceptors (Lipinski definition) is 2. The number of aliphatic imine (C=N–C) groups is 1. The summed E-state index contributed by atoms with van der Waals surface area (Å²) in [6.45, 7) is 12.2. The fraction of sp³-hybridized carbons (Fsp3) is 0.121. The topological polar surface area (TPSA) is 15.6 Å². The van der Waals surface area contributed by atoms with Gasteiger partial charge >= 0.3 is 0 Å². The minimum Gasteiger partial charge on any atom is -0.345 e. The molecule has 0 fully saturated rings. The van der Waals surface area contributed by atoms with Crippen molar-refractivity contribution in [2.24, 2.45) is 4.99 Å². The van der Waals surface area contributed by atoms with Crippen LogP contribution >= 0.6 is 0 Å². The van der Waals surface area contributed by atoms with Crippen molar-refractivity contribution in [2.75, 3.05) is 0 Å². The molecule has 172 valence electrons. The van der Waals surface area contributed by atoms with Crippen molar-refractivity contribution in [3.63, 3.8) is 0 Å². The van der Waals surface area contributed by atoms with E-state index in [9.17, 15) is 0 Å². The van der Waals surface area contributed by atoms with Crippen LogP contribution in [0, 0.1) is 0 Å². The quantitative estimate of drug-likeness (QED) is 0.182. The average molecular weight is 455 g/mol. The van der Waals surface area contributed by atoms with Crippen LogP contribution in [0.2, 0.25) is 0 Å². The van der Waals surface area contributed by atoms with E-state index in [1.54, 1.807) is 0 Å². The van der Waals surface area contributed by atoms with Crippen molar-refractivity contribution < 1.29 is 0 Å². The first kappa shape index (κ1) is 22.6. The molecule has 2 aliphatic rings. The van der Waals surface area contributed by atoms with Gasteiger partial charge in [0.15, 0.2) is 0 Å². The third-order valence-electron chi connectivity index (χ3n) is 6.76. The molecule has 0 bridgehead atoms. The second kappa shape index (κ2) is 9.99. The van der Waals surface area contributed by atoms with Crippen molar-refractivity contribution in [1.29, 1.82) is 0 Å². The summed E-state index contributed by atoms with van der Waals surface area (Å²) in [6.07, 6.45) is 18.8. The lowest BCUT2D eigenvalue weighted by atomic mass is 9.97. The summed E-state index contributed by atoms with van der Waals surface area (Å²) in [7, 11) is 0. The number of allylic oxidation sites excluding steroid dienone is 6. The highest BCUT2D eigenvalue weighted by Gasteiger charge is 2.21. The average Bonchev–Trinajstić information content (AvgIpc) is 3.22. The number of nitrogens with zero attached hydrogens (tertiary/aromatic N) is 2. The lowest BCUT2D eigenvalue weighted by Gasteiger charge is -2.30. The highest BCUT2D eigenvalue weighted by Crippen LogP contribution is 2.47. The summed E-state index contributed by atoms with van der Waals surface area (Å²) in [5.41, 5.74) is 8.57. The summed E-state index contributed by atoms with van der Waals surface area (Å²) in [5.74, 6) is 0. The third kappa shape index (κ3) is 4.36. The molecule has 1 aliphatic carbocycles. The molecular weight excluding hydrogens is 424 g/mol. The normalized spacial score (nSPS) is 16.0. The molecule has 0 spiro atoms. The lowest BCUT2D eigenvalue weighted by Crippen LogP contribution is -2.29. The van der Waals surface area contributed by atoms with Crippen LogP contribution < -0.4 is 0 Å². The Morgan fingerprint density at radius 2 is 1.80 bits per heavy atom. The van der Waals surface area contributed by atoms with Crippen molar-refractivity contribution >= 4 is 22.6 Å². The van der Waals surface area contributed by atoms with Crippen LogP contribution in [0.3, 0.4) is 0 Å². The van der Waals surface area contributed by atoms with E-state index in [0.717, 1.165) is 30.5 Å². The van der Waals surface area contributed by atoms with Crippen molar-refractivity contribution in [1.82, 2.24) is 4.90 Å². The molecule has 0 saturated heterocycles. The predicted octanol–water partition coefficient (Wildman–Crippen LogP) is 8.71. The monoisotopic (exact) mass is 454 g/mol. The summed E-state index contributed by atoms with van der Waals surface area (Å²) >= 11 is 0. The fourth-order valence-electron chi connectivity index (χ4n) is 5.02. The van der Waals surface area contributed by atoms with Crippen molar-refractivity contribution in [3.05, 3.63) is 128 Å². The molecule has 1 unspecified atom stereocenters. The first-order valence-corrected chi connectivity index (χ1v) is 12.1. The zero-order valence-corrected chi connectivity index (χ0v) is 20.0. The van der Waals surface area contributed by atoms with Crippen molar-refractivity contribution in [3.8, 4) is 22.3 Å². The van der Waals surface area contributed by atoms with Gasteiger partial charge in [-0.2, -0.15) is 0 Å². The molecule has 35 heavy (non-hydrogen) atoms. The minimum absolute atomic E-state index is 0.207. The van der Waals surface area contributed by atoms with Gasteiger partial charge in [-0.15, -0.1) is 6.58 Å². The number of fused-ring (bicyclic) bond motifs is 3. The summed E-state index contributed by atoms with van der Waals surface area (Å²) in [5, 5.41) is 2.64. The van der Waals surface area contributed by atoms with E-state index in [2.05, 4.69) is 109 Å².